The number of halogens is 1. The average Bonchev–Trinajstić information content (AvgIpc) is 2.85. The van der Waals surface area contributed by atoms with Crippen LogP contribution in [0.1, 0.15) is 58.6 Å². The topological polar surface area (TPSA) is 73.6 Å². The van der Waals surface area contributed by atoms with Crippen LogP contribution in [0.3, 0.4) is 0 Å². The number of amides is 1. The van der Waals surface area contributed by atoms with Gasteiger partial charge in [0.2, 0.25) is 0 Å². The lowest BCUT2D eigenvalue weighted by Crippen LogP contribution is -2.38. The fourth-order valence-electron chi connectivity index (χ4n) is 2.81. The van der Waals surface area contributed by atoms with Crippen LogP contribution in [0.15, 0.2) is 18.2 Å². The van der Waals surface area contributed by atoms with E-state index in [9.17, 15) is 9.18 Å². The van der Waals surface area contributed by atoms with Crippen LogP contribution in [-0.4, -0.2) is 23.8 Å². The van der Waals surface area contributed by atoms with E-state index in [4.69, 9.17) is 15.2 Å². The van der Waals surface area contributed by atoms with Crippen molar-refractivity contribution in [2.24, 2.45) is 5.73 Å². The number of ether oxygens (including phenoxy) is 2. The Kier molecular flexibility index (Phi) is 5.70. The third-order valence-corrected chi connectivity index (χ3v) is 3.86. The van der Waals surface area contributed by atoms with E-state index in [0.29, 0.717) is 17.7 Å². The van der Waals surface area contributed by atoms with Gasteiger partial charge >= 0.3 is 6.09 Å². The maximum absolute atomic E-state index is 13.4. The quantitative estimate of drug-likeness (QED) is 0.878. The maximum atomic E-state index is 13.4. The zero-order chi connectivity index (χ0) is 17.9. The first-order valence-corrected chi connectivity index (χ1v) is 8.35. The molecular weight excluding hydrogens is 311 g/mol. The van der Waals surface area contributed by atoms with E-state index in [1.165, 1.54) is 12.1 Å². The van der Waals surface area contributed by atoms with E-state index in [1.807, 2.05) is 20.8 Å². The number of benzene rings is 1. The van der Waals surface area contributed by atoms with Crippen molar-refractivity contribution >= 4 is 6.09 Å². The Morgan fingerprint density at radius 2 is 2.08 bits per heavy atom. The molecule has 1 amide bonds. The summed E-state index contributed by atoms with van der Waals surface area (Å²) in [6.07, 6.45) is 1.88. The Morgan fingerprint density at radius 1 is 1.38 bits per heavy atom. The number of alkyl carbamates (subject to hydrolysis) is 1. The molecule has 0 aromatic heterocycles. The van der Waals surface area contributed by atoms with Crippen molar-refractivity contribution in [3.63, 3.8) is 0 Å². The molecule has 0 bridgehead atoms. The van der Waals surface area contributed by atoms with Crippen LogP contribution in [0.5, 0.6) is 5.75 Å². The Balaban J connectivity index is 1.92. The lowest BCUT2D eigenvalue weighted by Gasteiger charge is -2.22. The second kappa shape index (κ2) is 7.38. The van der Waals surface area contributed by atoms with Crippen molar-refractivity contribution in [2.75, 3.05) is 0 Å². The minimum absolute atomic E-state index is 0.0176. The third kappa shape index (κ3) is 5.37. The van der Waals surface area contributed by atoms with E-state index >= 15 is 0 Å². The Morgan fingerprint density at radius 3 is 2.71 bits per heavy atom. The number of carbonyl (C=O) groups excluding carboxylic acids is 1. The molecule has 0 radical (unpaired) electrons. The van der Waals surface area contributed by atoms with Gasteiger partial charge in [0.15, 0.2) is 0 Å². The summed E-state index contributed by atoms with van der Waals surface area (Å²) in [5, 5.41) is 2.87. The first-order valence-electron chi connectivity index (χ1n) is 8.35. The van der Waals surface area contributed by atoms with Gasteiger partial charge in [-0.15, -0.1) is 0 Å². The molecule has 0 saturated heterocycles. The first kappa shape index (κ1) is 18.5. The molecule has 0 unspecified atom stereocenters. The molecular formula is C18H27FN2O3. The van der Waals surface area contributed by atoms with Gasteiger partial charge < -0.3 is 20.5 Å². The van der Waals surface area contributed by atoms with Gasteiger partial charge in [0.1, 0.15) is 23.3 Å². The number of nitrogens with two attached hydrogens (primary N) is 1. The highest BCUT2D eigenvalue weighted by Gasteiger charge is 2.29. The molecule has 1 aliphatic rings. The molecule has 3 atom stereocenters. The van der Waals surface area contributed by atoms with E-state index in [2.05, 4.69) is 5.32 Å². The number of hydrogen-bond donors (Lipinski definition) is 2. The monoisotopic (exact) mass is 338 g/mol. The predicted octanol–water partition coefficient (Wildman–Crippen LogP) is 3.67. The molecule has 24 heavy (non-hydrogen) atoms. The number of carbonyl (C=O) groups is 1. The van der Waals surface area contributed by atoms with E-state index in [1.54, 1.807) is 13.0 Å². The van der Waals surface area contributed by atoms with Crippen LogP contribution in [0.4, 0.5) is 9.18 Å². The number of nitrogens with one attached hydrogen (secondary N) is 1. The summed E-state index contributed by atoms with van der Waals surface area (Å²) in [7, 11) is 0. The molecule has 2 rings (SSSR count). The zero-order valence-corrected chi connectivity index (χ0v) is 14.8. The summed E-state index contributed by atoms with van der Waals surface area (Å²) in [5.74, 6) is 0.278. The summed E-state index contributed by atoms with van der Waals surface area (Å²) in [5.41, 5.74) is 6.03. The van der Waals surface area contributed by atoms with Crippen LogP contribution in [0.25, 0.3) is 0 Å². The average molecular weight is 338 g/mol. The highest BCUT2D eigenvalue weighted by atomic mass is 19.1. The third-order valence-electron chi connectivity index (χ3n) is 3.86. The first-order chi connectivity index (χ1) is 11.1. The van der Waals surface area contributed by atoms with Crippen LogP contribution in [-0.2, 0) is 4.74 Å². The van der Waals surface area contributed by atoms with Crippen LogP contribution in [0, 0.1) is 5.82 Å². The highest BCUT2D eigenvalue weighted by Crippen LogP contribution is 2.30. The summed E-state index contributed by atoms with van der Waals surface area (Å²) >= 11 is 0. The lowest BCUT2D eigenvalue weighted by atomic mass is 10.1. The van der Waals surface area contributed by atoms with Crippen molar-refractivity contribution in [3.8, 4) is 5.75 Å². The van der Waals surface area contributed by atoms with Crippen LogP contribution >= 0.6 is 0 Å². The van der Waals surface area contributed by atoms with Gasteiger partial charge in [-0.1, -0.05) is 0 Å². The maximum Gasteiger partial charge on any atom is 0.407 e. The fraction of sp³-hybridized carbons (Fsp3) is 0.611. The minimum atomic E-state index is -0.515. The minimum Gasteiger partial charge on any atom is -0.490 e. The molecule has 0 spiro atoms. The molecule has 1 aromatic rings. The van der Waals surface area contributed by atoms with Gasteiger partial charge in [0.25, 0.3) is 0 Å². The smallest absolute Gasteiger partial charge is 0.407 e. The van der Waals surface area contributed by atoms with Crippen molar-refractivity contribution in [1.82, 2.24) is 5.32 Å². The Hall–Kier alpha value is -1.82. The van der Waals surface area contributed by atoms with Crippen molar-refractivity contribution in [3.05, 3.63) is 29.6 Å². The number of hydrogen-bond acceptors (Lipinski definition) is 4. The molecule has 5 nitrogen and oxygen atoms in total. The normalized spacial score (nSPS) is 22.1. The SMILES string of the molecule is C[C@@H](N)c1cc(F)ccc1O[C@H]1CC[C@@H](NC(=O)OC(C)(C)C)C1. The molecule has 0 aliphatic heterocycles. The van der Waals surface area contributed by atoms with Crippen molar-refractivity contribution in [2.45, 2.75) is 70.7 Å². The lowest BCUT2D eigenvalue weighted by molar-refractivity contribution is 0.0503. The van der Waals surface area contributed by atoms with Gasteiger partial charge in [-0.2, -0.15) is 0 Å². The zero-order valence-electron chi connectivity index (χ0n) is 14.8. The molecule has 1 aliphatic carbocycles. The van der Waals surface area contributed by atoms with Crippen LogP contribution in [0.2, 0.25) is 0 Å². The molecule has 0 heterocycles. The summed E-state index contributed by atoms with van der Waals surface area (Å²) < 4.78 is 24.7. The van der Waals surface area contributed by atoms with Crippen molar-refractivity contribution in [1.29, 1.82) is 0 Å². The van der Waals surface area contributed by atoms with Crippen LogP contribution < -0.4 is 15.8 Å². The Bertz CT molecular complexity index is 584. The van der Waals surface area contributed by atoms with Gasteiger partial charge in [-0.05, 0) is 58.7 Å². The molecule has 1 fully saturated rings. The second-order valence-corrected chi connectivity index (χ2v) is 7.37. The summed E-state index contributed by atoms with van der Waals surface area (Å²) in [6, 6.07) is 4.09. The Labute approximate surface area is 142 Å². The van der Waals surface area contributed by atoms with Gasteiger partial charge in [-0.25, -0.2) is 9.18 Å². The number of rotatable bonds is 4. The molecule has 3 N–H and O–H groups in total. The second-order valence-electron chi connectivity index (χ2n) is 7.37. The molecule has 6 heteroatoms. The summed E-state index contributed by atoms with van der Waals surface area (Å²) in [4.78, 5) is 11.8. The van der Waals surface area contributed by atoms with E-state index < -0.39 is 11.7 Å². The largest absolute Gasteiger partial charge is 0.490 e. The van der Waals surface area contributed by atoms with Gasteiger partial charge in [0.05, 0.1) is 0 Å². The summed E-state index contributed by atoms with van der Waals surface area (Å²) in [6.45, 7) is 7.29. The van der Waals surface area contributed by atoms with Gasteiger partial charge in [0, 0.05) is 24.1 Å². The van der Waals surface area contributed by atoms with Gasteiger partial charge in [-0.3, -0.25) is 0 Å². The molecule has 1 aromatic carbocycles. The standard InChI is InChI=1S/C18H27FN2O3/c1-11(20)15-9-12(19)5-8-16(15)23-14-7-6-13(10-14)21-17(22)24-18(2,3)4/h5,8-9,11,13-14H,6-7,10,20H2,1-4H3,(H,21,22)/t11-,13-,14+/m1/s1. The van der Waals surface area contributed by atoms with E-state index in [0.717, 1.165) is 12.8 Å². The predicted molar refractivity (Wildman–Crippen MR) is 90.4 cm³/mol. The highest BCUT2D eigenvalue weighted by molar-refractivity contribution is 5.68. The molecule has 134 valence electrons. The van der Waals surface area contributed by atoms with E-state index in [-0.39, 0.29) is 24.0 Å². The fourth-order valence-corrected chi connectivity index (χ4v) is 2.81. The molecule has 1 saturated carbocycles. The van der Waals surface area contributed by atoms with Crippen molar-refractivity contribution < 1.29 is 18.7 Å².